The Morgan fingerprint density at radius 2 is 1.87 bits per heavy atom. The Morgan fingerprint density at radius 3 is 2.48 bits per heavy atom. The van der Waals surface area contributed by atoms with Gasteiger partial charge in [-0.25, -0.2) is 13.6 Å². The van der Waals surface area contributed by atoms with Crippen molar-refractivity contribution in [2.75, 3.05) is 5.75 Å². The first-order chi connectivity index (χ1) is 14.8. The largest absolute Gasteiger partial charge is 0.349 e. The minimum atomic E-state index is -3.74. The van der Waals surface area contributed by atoms with E-state index in [0.717, 1.165) is 34.9 Å². The Kier molecular flexibility index (Phi) is 6.08. The summed E-state index contributed by atoms with van der Waals surface area (Å²) in [6, 6.07) is 10.0. The predicted octanol–water partition coefficient (Wildman–Crippen LogP) is 2.29. The topological polar surface area (TPSA) is 133 Å². The quantitative estimate of drug-likeness (QED) is 0.495. The zero-order valence-electron chi connectivity index (χ0n) is 16.8. The molecule has 3 aromatic rings. The molecule has 2 aromatic heterocycles. The van der Waals surface area contributed by atoms with E-state index in [1.54, 1.807) is 24.5 Å². The second-order valence-corrected chi connectivity index (χ2v) is 9.84. The van der Waals surface area contributed by atoms with Gasteiger partial charge in [0, 0.05) is 24.0 Å². The summed E-state index contributed by atoms with van der Waals surface area (Å²) in [5.74, 6) is 0.834. The second kappa shape index (κ2) is 8.77. The maximum Gasteiger partial charge on any atom is 0.238 e. The molecule has 0 bridgehead atoms. The zero-order chi connectivity index (χ0) is 22.0. The Bertz CT molecular complexity index is 1180. The summed E-state index contributed by atoms with van der Waals surface area (Å²) in [6.45, 7) is 1.84. The van der Waals surface area contributed by atoms with E-state index in [1.807, 2.05) is 19.1 Å². The number of nitrogens with two attached hydrogens (primary N) is 1. The van der Waals surface area contributed by atoms with E-state index in [0.29, 0.717) is 6.04 Å². The summed E-state index contributed by atoms with van der Waals surface area (Å²) in [6.07, 6.45) is 5.58. The summed E-state index contributed by atoms with van der Waals surface area (Å²) in [7, 11) is -3.74. The Labute approximate surface area is 184 Å². The molecule has 0 radical (unpaired) electrons. The fourth-order valence-electron chi connectivity index (χ4n) is 3.18. The van der Waals surface area contributed by atoms with Crippen molar-refractivity contribution in [3.05, 3.63) is 54.4 Å². The molecule has 1 aliphatic carbocycles. The molecular formula is C20H22N6O3S2. The normalized spacial score (nSPS) is 14.9. The van der Waals surface area contributed by atoms with E-state index >= 15 is 0 Å². The van der Waals surface area contributed by atoms with Crippen LogP contribution in [0.4, 0.5) is 0 Å². The number of rotatable bonds is 8. The summed E-state index contributed by atoms with van der Waals surface area (Å²) in [4.78, 5) is 16.6. The Balaban J connectivity index is 1.39. The molecule has 1 aliphatic rings. The van der Waals surface area contributed by atoms with Crippen LogP contribution in [0.1, 0.15) is 37.4 Å². The van der Waals surface area contributed by atoms with Crippen LogP contribution >= 0.6 is 11.8 Å². The van der Waals surface area contributed by atoms with E-state index in [9.17, 15) is 13.2 Å². The number of pyridine rings is 1. The number of benzene rings is 1. The molecule has 9 nitrogen and oxygen atoms in total. The van der Waals surface area contributed by atoms with Gasteiger partial charge in [0.2, 0.25) is 15.9 Å². The van der Waals surface area contributed by atoms with Crippen molar-refractivity contribution in [2.24, 2.45) is 5.14 Å². The number of amides is 1. The second-order valence-electron chi connectivity index (χ2n) is 7.34. The molecule has 0 aliphatic heterocycles. The predicted molar refractivity (Wildman–Crippen MR) is 117 cm³/mol. The first-order valence-electron chi connectivity index (χ1n) is 9.73. The third-order valence-corrected chi connectivity index (χ3v) is 6.81. The van der Waals surface area contributed by atoms with Gasteiger partial charge in [0.15, 0.2) is 11.0 Å². The monoisotopic (exact) mass is 458 g/mol. The number of nitrogens with zero attached hydrogens (tertiary/aromatic N) is 4. The molecule has 0 spiro atoms. The molecule has 1 unspecified atom stereocenters. The summed E-state index contributed by atoms with van der Waals surface area (Å²) < 4.78 is 24.8. The zero-order valence-corrected chi connectivity index (χ0v) is 18.4. The van der Waals surface area contributed by atoms with Crippen LogP contribution in [0.25, 0.3) is 11.4 Å². The molecule has 1 saturated carbocycles. The van der Waals surface area contributed by atoms with Gasteiger partial charge < -0.3 is 5.32 Å². The van der Waals surface area contributed by atoms with Crippen LogP contribution in [0, 0.1) is 0 Å². The number of primary sulfonamides is 1. The van der Waals surface area contributed by atoms with E-state index in [4.69, 9.17) is 5.14 Å². The van der Waals surface area contributed by atoms with E-state index in [2.05, 4.69) is 25.1 Å². The van der Waals surface area contributed by atoms with Gasteiger partial charge >= 0.3 is 0 Å². The van der Waals surface area contributed by atoms with Crippen molar-refractivity contribution < 1.29 is 13.2 Å². The lowest BCUT2D eigenvalue weighted by atomic mass is 10.1. The van der Waals surface area contributed by atoms with Crippen LogP contribution in [0.15, 0.2) is 58.8 Å². The SMILES string of the molecule is CC(NC(=O)CSc1nnc(-c2ccncc2)n1C1CC1)c1ccc(S(N)(=O)=O)cc1. The lowest BCUT2D eigenvalue weighted by Crippen LogP contribution is -2.28. The lowest BCUT2D eigenvalue weighted by molar-refractivity contribution is -0.119. The number of hydrogen-bond donors (Lipinski definition) is 2. The number of sulfonamides is 1. The summed E-state index contributed by atoms with van der Waals surface area (Å²) in [5, 5.41) is 17.4. The molecule has 2 heterocycles. The van der Waals surface area contributed by atoms with Gasteiger partial charge in [-0.3, -0.25) is 14.3 Å². The molecule has 1 atom stereocenters. The highest BCUT2D eigenvalue weighted by atomic mass is 32.2. The molecule has 0 saturated heterocycles. The minimum Gasteiger partial charge on any atom is -0.349 e. The van der Waals surface area contributed by atoms with Gasteiger partial charge in [-0.2, -0.15) is 0 Å². The standard InChI is InChI=1S/C20H22N6O3S2/c1-13(14-2-6-17(7-3-14)31(21,28)29)23-18(27)12-30-20-25-24-19(26(20)16-4-5-16)15-8-10-22-11-9-15/h2-3,6-11,13,16H,4-5,12H2,1H3,(H,23,27)(H2,21,28,29). The third kappa shape index (κ3) is 5.12. The number of thioether (sulfide) groups is 1. The van der Waals surface area contributed by atoms with E-state index < -0.39 is 10.0 Å². The summed E-state index contributed by atoms with van der Waals surface area (Å²) in [5.41, 5.74) is 1.73. The van der Waals surface area contributed by atoms with E-state index in [-0.39, 0.29) is 22.6 Å². The highest BCUT2D eigenvalue weighted by Crippen LogP contribution is 2.40. The van der Waals surface area contributed by atoms with Crippen LogP contribution in [-0.4, -0.2) is 39.8 Å². The molecule has 31 heavy (non-hydrogen) atoms. The average Bonchev–Trinajstić information content (AvgIpc) is 3.51. The fourth-order valence-corrected chi connectivity index (χ4v) is 4.51. The van der Waals surface area contributed by atoms with Crippen molar-refractivity contribution in [3.8, 4) is 11.4 Å². The third-order valence-electron chi connectivity index (χ3n) is 4.93. The first-order valence-corrected chi connectivity index (χ1v) is 12.3. The van der Waals surface area contributed by atoms with Crippen LogP contribution in [0.2, 0.25) is 0 Å². The van der Waals surface area contributed by atoms with Crippen molar-refractivity contribution in [2.45, 2.75) is 41.9 Å². The molecule has 162 valence electrons. The van der Waals surface area contributed by atoms with Gasteiger partial charge in [0.1, 0.15) is 0 Å². The number of aromatic nitrogens is 4. The number of carbonyl (C=O) groups excluding carboxylic acids is 1. The van der Waals surface area contributed by atoms with Gasteiger partial charge in [-0.15, -0.1) is 10.2 Å². The molecular weight excluding hydrogens is 436 g/mol. The lowest BCUT2D eigenvalue weighted by Gasteiger charge is -2.15. The molecule has 4 rings (SSSR count). The van der Waals surface area contributed by atoms with Crippen LogP contribution in [0.3, 0.4) is 0 Å². The Hall–Kier alpha value is -2.76. The minimum absolute atomic E-state index is 0.0368. The van der Waals surface area contributed by atoms with Gasteiger partial charge in [-0.05, 0) is 49.6 Å². The molecule has 1 fully saturated rings. The first kappa shape index (κ1) is 21.5. The highest BCUT2D eigenvalue weighted by molar-refractivity contribution is 7.99. The number of nitrogens with one attached hydrogen (secondary N) is 1. The van der Waals surface area contributed by atoms with E-state index in [1.165, 1.54) is 23.9 Å². The van der Waals surface area contributed by atoms with Gasteiger partial charge in [0.25, 0.3) is 0 Å². The smallest absolute Gasteiger partial charge is 0.238 e. The van der Waals surface area contributed by atoms with Crippen LogP contribution in [-0.2, 0) is 14.8 Å². The molecule has 1 amide bonds. The molecule has 1 aromatic carbocycles. The van der Waals surface area contributed by atoms with Gasteiger partial charge in [-0.1, -0.05) is 23.9 Å². The van der Waals surface area contributed by atoms with Crippen molar-refractivity contribution in [1.29, 1.82) is 0 Å². The maximum absolute atomic E-state index is 12.5. The molecule has 3 N–H and O–H groups in total. The van der Waals surface area contributed by atoms with Crippen molar-refractivity contribution in [1.82, 2.24) is 25.1 Å². The molecule has 11 heteroatoms. The maximum atomic E-state index is 12.5. The summed E-state index contributed by atoms with van der Waals surface area (Å²) >= 11 is 1.35. The Morgan fingerprint density at radius 1 is 1.19 bits per heavy atom. The highest BCUT2D eigenvalue weighted by Gasteiger charge is 2.30. The van der Waals surface area contributed by atoms with Crippen LogP contribution in [0.5, 0.6) is 0 Å². The van der Waals surface area contributed by atoms with Crippen LogP contribution < -0.4 is 10.5 Å². The number of hydrogen-bond acceptors (Lipinski definition) is 7. The number of carbonyl (C=O) groups is 1. The van der Waals surface area contributed by atoms with Crippen molar-refractivity contribution >= 4 is 27.7 Å². The fraction of sp³-hybridized carbons (Fsp3) is 0.300. The van der Waals surface area contributed by atoms with Crippen molar-refractivity contribution in [3.63, 3.8) is 0 Å². The van der Waals surface area contributed by atoms with Gasteiger partial charge in [0.05, 0.1) is 16.7 Å². The average molecular weight is 459 g/mol.